The molecule has 0 radical (unpaired) electrons. The van der Waals surface area contributed by atoms with Crippen LogP contribution in [0, 0.1) is 0 Å². The number of carboxylic acids is 1. The lowest BCUT2D eigenvalue weighted by molar-refractivity contribution is -0.144. The standard InChI is InChI=1S/C20H29N5O9/c1-9(27)16(19(32)24-14(8-26)20(33)34)25-18(31)13(6-10-2-4-11(28)5-3-10)23-17(30)12(21)7-15(22)29/h2-5,9,12-14,16,26-28H,6-8,21H2,1H3,(H2,22,29)(H,23,30)(H,24,32)(H,25,31)(H,33,34). The summed E-state index contributed by atoms with van der Waals surface area (Å²) in [7, 11) is 0. The predicted molar refractivity (Wildman–Crippen MR) is 116 cm³/mol. The van der Waals surface area contributed by atoms with Crippen molar-refractivity contribution in [2.75, 3.05) is 6.61 Å². The second kappa shape index (κ2) is 13.1. The quantitative estimate of drug-likeness (QED) is 0.131. The van der Waals surface area contributed by atoms with E-state index in [9.17, 15) is 34.2 Å². The van der Waals surface area contributed by atoms with Gasteiger partial charge in [-0.15, -0.1) is 0 Å². The Morgan fingerprint density at radius 2 is 1.50 bits per heavy atom. The Morgan fingerprint density at radius 3 is 1.97 bits per heavy atom. The van der Waals surface area contributed by atoms with Crippen LogP contribution in [0.4, 0.5) is 0 Å². The van der Waals surface area contributed by atoms with Gasteiger partial charge < -0.3 is 47.8 Å². The van der Waals surface area contributed by atoms with Crippen LogP contribution in [0.3, 0.4) is 0 Å². The van der Waals surface area contributed by atoms with E-state index in [1.54, 1.807) is 0 Å². The van der Waals surface area contributed by atoms with E-state index in [1.807, 2.05) is 5.32 Å². The molecule has 14 heteroatoms. The summed E-state index contributed by atoms with van der Waals surface area (Å²) < 4.78 is 0. The van der Waals surface area contributed by atoms with Crippen molar-refractivity contribution in [1.82, 2.24) is 16.0 Å². The number of phenols is 1. The number of primary amides is 1. The number of nitrogens with one attached hydrogen (secondary N) is 3. The summed E-state index contributed by atoms with van der Waals surface area (Å²) >= 11 is 0. The summed E-state index contributed by atoms with van der Waals surface area (Å²) in [6.07, 6.45) is -2.11. The number of nitrogens with two attached hydrogens (primary N) is 2. The van der Waals surface area contributed by atoms with Gasteiger partial charge in [-0.3, -0.25) is 19.2 Å². The number of benzene rings is 1. The van der Waals surface area contributed by atoms with Gasteiger partial charge in [-0.05, 0) is 24.6 Å². The fourth-order valence-corrected chi connectivity index (χ4v) is 2.77. The molecule has 5 unspecified atom stereocenters. The number of carbonyl (C=O) groups excluding carboxylic acids is 4. The van der Waals surface area contributed by atoms with Gasteiger partial charge in [-0.25, -0.2) is 4.79 Å². The molecule has 5 atom stereocenters. The van der Waals surface area contributed by atoms with E-state index in [0.717, 1.165) is 6.92 Å². The second-order valence-electron chi connectivity index (χ2n) is 7.52. The number of phenolic OH excluding ortho intramolecular Hbond substituents is 1. The molecule has 0 fully saturated rings. The molecule has 1 aromatic rings. The van der Waals surface area contributed by atoms with Gasteiger partial charge in [0.2, 0.25) is 23.6 Å². The first kappa shape index (κ1) is 28.3. The van der Waals surface area contributed by atoms with Crippen LogP contribution in [0.15, 0.2) is 24.3 Å². The van der Waals surface area contributed by atoms with Crippen molar-refractivity contribution in [3.8, 4) is 5.75 Å². The fraction of sp³-hybridized carbons (Fsp3) is 0.450. The third-order valence-electron chi connectivity index (χ3n) is 4.63. The van der Waals surface area contributed by atoms with Gasteiger partial charge in [0, 0.05) is 6.42 Å². The van der Waals surface area contributed by atoms with Crippen molar-refractivity contribution in [2.24, 2.45) is 11.5 Å². The average molecular weight is 483 g/mol. The number of hydrogen-bond acceptors (Lipinski definition) is 9. The van der Waals surface area contributed by atoms with Crippen molar-refractivity contribution >= 4 is 29.6 Å². The van der Waals surface area contributed by atoms with Gasteiger partial charge in [0.05, 0.1) is 25.2 Å². The molecule has 0 aliphatic rings. The zero-order valence-corrected chi connectivity index (χ0v) is 18.3. The molecule has 188 valence electrons. The Morgan fingerprint density at radius 1 is 0.941 bits per heavy atom. The molecule has 0 aromatic heterocycles. The maximum atomic E-state index is 12.9. The normalized spacial score (nSPS) is 15.2. The monoisotopic (exact) mass is 483 g/mol. The molecule has 0 heterocycles. The highest BCUT2D eigenvalue weighted by molar-refractivity contribution is 5.95. The Hall–Kier alpha value is -3.75. The smallest absolute Gasteiger partial charge is 0.328 e. The highest BCUT2D eigenvalue weighted by Crippen LogP contribution is 2.12. The first-order valence-corrected chi connectivity index (χ1v) is 10.1. The van der Waals surface area contributed by atoms with Crippen LogP contribution in [0.25, 0.3) is 0 Å². The highest BCUT2D eigenvalue weighted by Gasteiger charge is 2.32. The lowest BCUT2D eigenvalue weighted by atomic mass is 10.0. The second-order valence-corrected chi connectivity index (χ2v) is 7.52. The molecule has 11 N–H and O–H groups in total. The molecule has 0 saturated heterocycles. The molecule has 0 spiro atoms. The lowest BCUT2D eigenvalue weighted by Crippen LogP contribution is -2.60. The minimum absolute atomic E-state index is 0.0417. The number of amides is 4. The van der Waals surface area contributed by atoms with Gasteiger partial charge in [0.15, 0.2) is 0 Å². The summed E-state index contributed by atoms with van der Waals surface area (Å²) in [6.45, 7) is 0.231. The van der Waals surface area contributed by atoms with Gasteiger partial charge in [-0.2, -0.15) is 0 Å². The summed E-state index contributed by atoms with van der Waals surface area (Å²) in [4.78, 5) is 59.8. The minimum Gasteiger partial charge on any atom is -0.508 e. The Kier molecular flexibility index (Phi) is 10.9. The number of carbonyl (C=O) groups is 5. The number of aliphatic hydroxyl groups excluding tert-OH is 2. The Labute approximate surface area is 194 Å². The molecule has 1 rings (SSSR count). The summed E-state index contributed by atoms with van der Waals surface area (Å²) in [5.41, 5.74) is 11.1. The molecule has 14 nitrogen and oxygen atoms in total. The third kappa shape index (κ3) is 9.01. The third-order valence-corrected chi connectivity index (χ3v) is 4.63. The maximum Gasteiger partial charge on any atom is 0.328 e. The van der Waals surface area contributed by atoms with E-state index < -0.39 is 72.9 Å². The summed E-state index contributed by atoms with van der Waals surface area (Å²) in [6, 6.07) is -0.381. The summed E-state index contributed by atoms with van der Waals surface area (Å²) in [5, 5.41) is 44.0. The summed E-state index contributed by atoms with van der Waals surface area (Å²) in [5.74, 6) is -5.34. The van der Waals surface area contributed by atoms with Gasteiger partial charge in [0.1, 0.15) is 23.9 Å². The van der Waals surface area contributed by atoms with Crippen LogP contribution >= 0.6 is 0 Å². The number of aliphatic carboxylic acids is 1. The van der Waals surface area contributed by atoms with Crippen molar-refractivity contribution in [3.05, 3.63) is 29.8 Å². The van der Waals surface area contributed by atoms with Crippen LogP contribution in [0.1, 0.15) is 18.9 Å². The molecule has 4 amide bonds. The van der Waals surface area contributed by atoms with Crippen LogP contribution < -0.4 is 27.4 Å². The number of rotatable bonds is 13. The molecule has 0 aliphatic carbocycles. The fourth-order valence-electron chi connectivity index (χ4n) is 2.77. The van der Waals surface area contributed by atoms with Crippen molar-refractivity contribution in [3.63, 3.8) is 0 Å². The van der Waals surface area contributed by atoms with E-state index in [-0.39, 0.29) is 12.2 Å². The van der Waals surface area contributed by atoms with Crippen LogP contribution in [0.5, 0.6) is 5.75 Å². The topological polar surface area (TPSA) is 254 Å². The zero-order valence-electron chi connectivity index (χ0n) is 18.3. The van der Waals surface area contributed by atoms with Crippen molar-refractivity contribution < 1.29 is 44.4 Å². The number of aliphatic hydroxyl groups is 2. The number of carboxylic acid groups (broad SMARTS) is 1. The lowest BCUT2D eigenvalue weighted by Gasteiger charge is -2.26. The zero-order chi connectivity index (χ0) is 26.0. The molecule has 34 heavy (non-hydrogen) atoms. The first-order valence-electron chi connectivity index (χ1n) is 10.1. The Balaban J connectivity index is 3.09. The van der Waals surface area contributed by atoms with Crippen LogP contribution in [-0.4, -0.2) is 86.9 Å². The number of aromatic hydroxyl groups is 1. The van der Waals surface area contributed by atoms with Crippen molar-refractivity contribution in [2.45, 2.75) is 50.0 Å². The first-order chi connectivity index (χ1) is 15.8. The van der Waals surface area contributed by atoms with Gasteiger partial charge in [-0.1, -0.05) is 12.1 Å². The van der Waals surface area contributed by atoms with Crippen LogP contribution in [-0.2, 0) is 30.4 Å². The predicted octanol–water partition coefficient (Wildman–Crippen LogP) is -3.95. The van der Waals surface area contributed by atoms with Crippen LogP contribution in [0.2, 0.25) is 0 Å². The van der Waals surface area contributed by atoms with E-state index in [1.165, 1.54) is 24.3 Å². The minimum atomic E-state index is -1.68. The average Bonchev–Trinajstić information content (AvgIpc) is 2.75. The largest absolute Gasteiger partial charge is 0.508 e. The van der Waals surface area contributed by atoms with Gasteiger partial charge >= 0.3 is 5.97 Å². The molecule has 0 bridgehead atoms. The van der Waals surface area contributed by atoms with Crippen molar-refractivity contribution in [1.29, 1.82) is 0 Å². The highest BCUT2D eigenvalue weighted by atomic mass is 16.4. The molecule has 1 aromatic carbocycles. The van der Waals surface area contributed by atoms with E-state index >= 15 is 0 Å². The van der Waals surface area contributed by atoms with Gasteiger partial charge in [0.25, 0.3) is 0 Å². The van der Waals surface area contributed by atoms with E-state index in [4.69, 9.17) is 21.7 Å². The molecular formula is C20H29N5O9. The molecular weight excluding hydrogens is 454 g/mol. The SMILES string of the molecule is CC(O)C(NC(=O)C(Cc1ccc(O)cc1)NC(=O)C(N)CC(N)=O)C(=O)NC(CO)C(=O)O. The molecule has 0 saturated carbocycles. The van der Waals surface area contributed by atoms with E-state index in [2.05, 4.69) is 10.6 Å². The molecule has 0 aliphatic heterocycles. The number of hydrogen-bond donors (Lipinski definition) is 9. The Bertz CT molecular complexity index is 891. The van der Waals surface area contributed by atoms with E-state index in [0.29, 0.717) is 5.56 Å². The maximum absolute atomic E-state index is 12.9.